The molecule has 0 aromatic heterocycles. The third-order valence-electron chi connectivity index (χ3n) is 3.90. The quantitative estimate of drug-likeness (QED) is 0.813. The summed E-state index contributed by atoms with van der Waals surface area (Å²) in [4.78, 5) is 7.34. The summed E-state index contributed by atoms with van der Waals surface area (Å²) < 4.78 is 0. The fraction of sp³-hybridized carbons (Fsp3) is 0.600. The summed E-state index contributed by atoms with van der Waals surface area (Å²) in [5.74, 6) is 0. The van der Waals surface area contributed by atoms with E-state index in [0.29, 0.717) is 0 Å². The largest absolute Gasteiger partial charge is 0.399 e. The van der Waals surface area contributed by atoms with Crippen LogP contribution in [0, 0.1) is 0 Å². The summed E-state index contributed by atoms with van der Waals surface area (Å²) in [6, 6.07) is 8.18. The highest BCUT2D eigenvalue weighted by atomic mass is 15.3. The third kappa shape index (κ3) is 4.11. The molecule has 1 fully saturated rings. The summed E-state index contributed by atoms with van der Waals surface area (Å²) >= 11 is 0. The number of nitrogens with zero attached hydrogens (tertiary/aromatic N) is 3. The number of hydrogen-bond acceptors (Lipinski definition) is 4. The SMILES string of the molecule is CCN(CCN1CCN(C)CC1)c1cccc(N)c1. The van der Waals surface area contributed by atoms with Crippen molar-refractivity contribution >= 4 is 11.4 Å². The van der Waals surface area contributed by atoms with Gasteiger partial charge in [-0.3, -0.25) is 4.90 Å². The molecule has 19 heavy (non-hydrogen) atoms. The van der Waals surface area contributed by atoms with Gasteiger partial charge in [-0.25, -0.2) is 0 Å². The Kier molecular flexibility index (Phi) is 5.05. The molecular formula is C15H26N4. The number of nitrogen functional groups attached to an aromatic ring is 1. The monoisotopic (exact) mass is 262 g/mol. The molecular weight excluding hydrogens is 236 g/mol. The first-order valence-electron chi connectivity index (χ1n) is 7.20. The van der Waals surface area contributed by atoms with E-state index in [-0.39, 0.29) is 0 Å². The van der Waals surface area contributed by atoms with Crippen LogP contribution in [0.4, 0.5) is 11.4 Å². The summed E-state index contributed by atoms with van der Waals surface area (Å²) in [6.07, 6.45) is 0. The predicted molar refractivity (Wildman–Crippen MR) is 82.7 cm³/mol. The molecule has 1 aromatic carbocycles. The van der Waals surface area contributed by atoms with Crippen molar-refractivity contribution in [3.05, 3.63) is 24.3 Å². The highest BCUT2D eigenvalue weighted by molar-refractivity contribution is 5.55. The van der Waals surface area contributed by atoms with Gasteiger partial charge in [-0.1, -0.05) is 6.07 Å². The van der Waals surface area contributed by atoms with Crippen LogP contribution in [0.1, 0.15) is 6.92 Å². The molecule has 4 nitrogen and oxygen atoms in total. The van der Waals surface area contributed by atoms with Gasteiger partial charge >= 0.3 is 0 Å². The highest BCUT2D eigenvalue weighted by Crippen LogP contribution is 2.17. The molecule has 2 N–H and O–H groups in total. The van der Waals surface area contributed by atoms with Gasteiger partial charge in [0, 0.05) is 57.2 Å². The standard InChI is InChI=1S/C15H26N4/c1-3-19(15-6-4-5-14(16)13-15)12-11-18-9-7-17(2)8-10-18/h4-6,13H,3,7-12,16H2,1-2H3. The molecule has 0 spiro atoms. The van der Waals surface area contributed by atoms with E-state index in [1.807, 2.05) is 12.1 Å². The van der Waals surface area contributed by atoms with E-state index in [1.165, 1.54) is 31.9 Å². The average molecular weight is 262 g/mol. The van der Waals surface area contributed by atoms with Crippen molar-refractivity contribution < 1.29 is 0 Å². The summed E-state index contributed by atoms with van der Waals surface area (Å²) in [5.41, 5.74) is 7.94. The maximum absolute atomic E-state index is 5.86. The van der Waals surface area contributed by atoms with Crippen molar-refractivity contribution in [3.8, 4) is 0 Å². The minimum atomic E-state index is 0.843. The van der Waals surface area contributed by atoms with Gasteiger partial charge < -0.3 is 15.5 Å². The fourth-order valence-electron chi connectivity index (χ4n) is 2.52. The Morgan fingerprint density at radius 2 is 1.95 bits per heavy atom. The molecule has 0 saturated carbocycles. The minimum Gasteiger partial charge on any atom is -0.399 e. The van der Waals surface area contributed by atoms with E-state index in [1.54, 1.807) is 0 Å². The van der Waals surface area contributed by atoms with Crippen LogP contribution < -0.4 is 10.6 Å². The predicted octanol–water partition coefficient (Wildman–Crippen LogP) is 1.34. The average Bonchev–Trinajstić information content (AvgIpc) is 2.42. The number of nitrogens with two attached hydrogens (primary N) is 1. The Hall–Kier alpha value is -1.26. The van der Waals surface area contributed by atoms with Crippen molar-refractivity contribution in [2.45, 2.75) is 6.92 Å². The molecule has 4 heteroatoms. The summed E-state index contributed by atoms with van der Waals surface area (Å²) in [7, 11) is 2.20. The first kappa shape index (κ1) is 14.2. The Morgan fingerprint density at radius 1 is 1.21 bits per heavy atom. The molecule has 1 saturated heterocycles. The van der Waals surface area contributed by atoms with E-state index in [9.17, 15) is 0 Å². The maximum atomic E-state index is 5.86. The lowest BCUT2D eigenvalue weighted by atomic mass is 10.2. The molecule has 0 amide bonds. The van der Waals surface area contributed by atoms with Crippen molar-refractivity contribution in [1.82, 2.24) is 9.80 Å². The van der Waals surface area contributed by atoms with Crippen LogP contribution in [0.5, 0.6) is 0 Å². The second kappa shape index (κ2) is 6.78. The van der Waals surface area contributed by atoms with Crippen LogP contribution >= 0.6 is 0 Å². The van der Waals surface area contributed by atoms with Gasteiger partial charge in [-0.2, -0.15) is 0 Å². The van der Waals surface area contributed by atoms with Crippen LogP contribution in [0.3, 0.4) is 0 Å². The smallest absolute Gasteiger partial charge is 0.0387 e. The lowest BCUT2D eigenvalue weighted by Crippen LogP contribution is -2.47. The molecule has 1 aromatic rings. The number of rotatable bonds is 5. The molecule has 0 radical (unpaired) electrons. The number of anilines is 2. The van der Waals surface area contributed by atoms with Gasteiger partial charge in [0.1, 0.15) is 0 Å². The molecule has 0 aliphatic carbocycles. The fourth-order valence-corrected chi connectivity index (χ4v) is 2.52. The first-order valence-corrected chi connectivity index (χ1v) is 7.20. The number of piperazine rings is 1. The van der Waals surface area contributed by atoms with Crippen LogP contribution in [0.2, 0.25) is 0 Å². The summed E-state index contributed by atoms with van der Waals surface area (Å²) in [6.45, 7) is 10.2. The van der Waals surface area contributed by atoms with E-state index >= 15 is 0 Å². The first-order chi connectivity index (χ1) is 9.19. The molecule has 1 aliphatic rings. The third-order valence-corrected chi connectivity index (χ3v) is 3.90. The molecule has 1 heterocycles. The van der Waals surface area contributed by atoms with Crippen LogP contribution in [-0.2, 0) is 0 Å². The second-order valence-corrected chi connectivity index (χ2v) is 5.32. The highest BCUT2D eigenvalue weighted by Gasteiger charge is 2.14. The van der Waals surface area contributed by atoms with E-state index in [0.717, 1.165) is 25.3 Å². The Balaban J connectivity index is 1.86. The van der Waals surface area contributed by atoms with Crippen LogP contribution in [0.15, 0.2) is 24.3 Å². The van der Waals surface area contributed by atoms with Gasteiger partial charge in [-0.15, -0.1) is 0 Å². The number of likely N-dealkylation sites (N-methyl/N-ethyl adjacent to an activating group) is 2. The van der Waals surface area contributed by atoms with Gasteiger partial charge in [0.05, 0.1) is 0 Å². The molecule has 106 valence electrons. The molecule has 0 atom stereocenters. The Morgan fingerprint density at radius 3 is 2.58 bits per heavy atom. The van der Waals surface area contributed by atoms with Gasteiger partial charge in [0.25, 0.3) is 0 Å². The van der Waals surface area contributed by atoms with Crippen molar-refractivity contribution in [2.24, 2.45) is 0 Å². The van der Waals surface area contributed by atoms with E-state index in [4.69, 9.17) is 5.73 Å². The van der Waals surface area contributed by atoms with Crippen LogP contribution in [0.25, 0.3) is 0 Å². The van der Waals surface area contributed by atoms with Crippen molar-refractivity contribution in [3.63, 3.8) is 0 Å². The van der Waals surface area contributed by atoms with Crippen molar-refractivity contribution in [2.75, 3.05) is 63.5 Å². The molecule has 2 rings (SSSR count). The molecule has 0 unspecified atom stereocenters. The van der Waals surface area contributed by atoms with E-state index in [2.05, 4.69) is 40.8 Å². The molecule has 0 bridgehead atoms. The minimum absolute atomic E-state index is 0.843. The number of benzene rings is 1. The maximum Gasteiger partial charge on any atom is 0.0387 e. The van der Waals surface area contributed by atoms with Crippen molar-refractivity contribution in [1.29, 1.82) is 0 Å². The van der Waals surface area contributed by atoms with Gasteiger partial charge in [-0.05, 0) is 32.2 Å². The Bertz CT molecular complexity index is 385. The van der Waals surface area contributed by atoms with Gasteiger partial charge in [0.15, 0.2) is 0 Å². The molecule has 1 aliphatic heterocycles. The lowest BCUT2D eigenvalue weighted by molar-refractivity contribution is 0.157. The zero-order valence-electron chi connectivity index (χ0n) is 12.2. The topological polar surface area (TPSA) is 35.7 Å². The second-order valence-electron chi connectivity index (χ2n) is 5.32. The zero-order valence-corrected chi connectivity index (χ0v) is 12.2. The Labute approximate surface area is 116 Å². The summed E-state index contributed by atoms with van der Waals surface area (Å²) in [5, 5.41) is 0. The normalized spacial score (nSPS) is 17.6. The zero-order chi connectivity index (χ0) is 13.7. The number of hydrogen-bond donors (Lipinski definition) is 1. The van der Waals surface area contributed by atoms with Crippen LogP contribution in [-0.4, -0.2) is 62.7 Å². The van der Waals surface area contributed by atoms with Gasteiger partial charge in [0.2, 0.25) is 0 Å². The lowest BCUT2D eigenvalue weighted by Gasteiger charge is -2.34. The van der Waals surface area contributed by atoms with E-state index < -0.39 is 0 Å².